The van der Waals surface area contributed by atoms with Crippen LogP contribution >= 0.6 is 11.3 Å². The summed E-state index contributed by atoms with van der Waals surface area (Å²) in [5.74, 6) is -0.00943. The molecule has 31 heavy (non-hydrogen) atoms. The lowest BCUT2D eigenvalue weighted by molar-refractivity contribution is 0.0985. The topological polar surface area (TPSA) is 36.4 Å². The standard InChI is InChI=1S/C26H27N3OS/c1-19-8-7-11-23-24(19)27-26(31-23)29(17-16-28(2)3)25(30)22-14-12-21(13-15-22)18-20-9-5-4-6-10-20/h4-15H,16-18H2,1-3H3. The van der Waals surface area contributed by atoms with Gasteiger partial charge in [0.15, 0.2) is 5.13 Å². The van der Waals surface area contributed by atoms with Gasteiger partial charge in [-0.2, -0.15) is 0 Å². The molecule has 0 fully saturated rings. The van der Waals surface area contributed by atoms with Gasteiger partial charge in [0, 0.05) is 18.7 Å². The average molecular weight is 430 g/mol. The Morgan fingerprint density at radius 3 is 2.26 bits per heavy atom. The van der Waals surface area contributed by atoms with Gasteiger partial charge in [0.2, 0.25) is 0 Å². The molecule has 5 heteroatoms. The van der Waals surface area contributed by atoms with Crippen molar-refractivity contribution in [2.24, 2.45) is 0 Å². The van der Waals surface area contributed by atoms with Crippen molar-refractivity contribution < 1.29 is 4.79 Å². The van der Waals surface area contributed by atoms with Crippen molar-refractivity contribution >= 4 is 32.6 Å². The molecule has 1 heterocycles. The van der Waals surface area contributed by atoms with Crippen LogP contribution in [0, 0.1) is 6.92 Å². The number of amides is 1. The van der Waals surface area contributed by atoms with Gasteiger partial charge >= 0.3 is 0 Å². The number of carbonyl (C=O) groups is 1. The second-order valence-corrected chi connectivity index (χ2v) is 9.05. The van der Waals surface area contributed by atoms with E-state index in [-0.39, 0.29) is 5.91 Å². The van der Waals surface area contributed by atoms with Crippen LogP contribution in [0.2, 0.25) is 0 Å². The van der Waals surface area contributed by atoms with Crippen LogP contribution in [0.3, 0.4) is 0 Å². The van der Waals surface area contributed by atoms with Gasteiger partial charge in [0.1, 0.15) is 0 Å². The molecule has 0 aliphatic heterocycles. The predicted molar refractivity (Wildman–Crippen MR) is 130 cm³/mol. The summed E-state index contributed by atoms with van der Waals surface area (Å²) in [4.78, 5) is 22.2. The van der Waals surface area contributed by atoms with Crippen LogP contribution in [0.5, 0.6) is 0 Å². The second kappa shape index (κ2) is 9.41. The van der Waals surface area contributed by atoms with Gasteiger partial charge in [-0.25, -0.2) is 4.98 Å². The number of aryl methyl sites for hydroxylation is 1. The summed E-state index contributed by atoms with van der Waals surface area (Å²) >= 11 is 1.57. The monoisotopic (exact) mass is 429 g/mol. The summed E-state index contributed by atoms with van der Waals surface area (Å²) in [6, 6.07) is 24.5. The van der Waals surface area contributed by atoms with Crippen LogP contribution in [-0.4, -0.2) is 43.0 Å². The van der Waals surface area contributed by atoms with Gasteiger partial charge in [-0.1, -0.05) is 65.9 Å². The molecule has 158 valence electrons. The van der Waals surface area contributed by atoms with E-state index in [9.17, 15) is 4.79 Å². The molecule has 0 aliphatic rings. The number of rotatable bonds is 7. The largest absolute Gasteiger partial charge is 0.308 e. The van der Waals surface area contributed by atoms with E-state index in [1.807, 2.05) is 55.4 Å². The molecule has 0 N–H and O–H groups in total. The van der Waals surface area contributed by atoms with Crippen LogP contribution in [0.1, 0.15) is 27.0 Å². The smallest absolute Gasteiger partial charge is 0.260 e. The number of aromatic nitrogens is 1. The fourth-order valence-electron chi connectivity index (χ4n) is 3.53. The third-order valence-electron chi connectivity index (χ3n) is 5.31. The Kier molecular flexibility index (Phi) is 6.44. The number of benzene rings is 3. The number of para-hydroxylation sites is 1. The van der Waals surface area contributed by atoms with E-state index in [0.29, 0.717) is 12.1 Å². The first-order valence-electron chi connectivity index (χ1n) is 10.5. The molecular formula is C26H27N3OS. The minimum absolute atomic E-state index is 0.00943. The molecular weight excluding hydrogens is 402 g/mol. The zero-order valence-corrected chi connectivity index (χ0v) is 19.0. The van der Waals surface area contributed by atoms with Crippen molar-refractivity contribution in [2.45, 2.75) is 13.3 Å². The third-order valence-corrected chi connectivity index (χ3v) is 6.35. The summed E-state index contributed by atoms with van der Waals surface area (Å²) in [6.07, 6.45) is 0.858. The van der Waals surface area contributed by atoms with Gasteiger partial charge in [-0.15, -0.1) is 0 Å². The van der Waals surface area contributed by atoms with Gasteiger partial charge in [0.05, 0.1) is 10.2 Å². The normalized spacial score (nSPS) is 11.2. The first kappa shape index (κ1) is 21.2. The summed E-state index contributed by atoms with van der Waals surface area (Å²) in [6.45, 7) is 3.42. The Balaban J connectivity index is 1.60. The summed E-state index contributed by atoms with van der Waals surface area (Å²) in [5.41, 5.74) is 5.25. The highest BCUT2D eigenvalue weighted by atomic mass is 32.1. The van der Waals surface area contributed by atoms with Crippen molar-refractivity contribution in [3.05, 3.63) is 95.1 Å². The van der Waals surface area contributed by atoms with E-state index in [4.69, 9.17) is 4.98 Å². The van der Waals surface area contributed by atoms with E-state index in [2.05, 4.69) is 48.2 Å². The van der Waals surface area contributed by atoms with Crippen molar-refractivity contribution in [3.8, 4) is 0 Å². The molecule has 4 nitrogen and oxygen atoms in total. The van der Waals surface area contributed by atoms with Crippen LogP contribution in [0.15, 0.2) is 72.8 Å². The molecule has 1 aromatic heterocycles. The van der Waals surface area contributed by atoms with Gasteiger partial charge < -0.3 is 4.90 Å². The summed E-state index contributed by atoms with van der Waals surface area (Å²) in [5, 5.41) is 0.754. The number of anilines is 1. The molecule has 1 amide bonds. The van der Waals surface area contributed by atoms with E-state index in [1.165, 1.54) is 11.1 Å². The van der Waals surface area contributed by atoms with Crippen LogP contribution < -0.4 is 4.90 Å². The molecule has 0 unspecified atom stereocenters. The molecule has 0 radical (unpaired) electrons. The number of hydrogen-bond donors (Lipinski definition) is 0. The van der Waals surface area contributed by atoms with E-state index < -0.39 is 0 Å². The highest BCUT2D eigenvalue weighted by Crippen LogP contribution is 2.31. The van der Waals surface area contributed by atoms with Crippen LogP contribution in [0.4, 0.5) is 5.13 Å². The number of nitrogens with zero attached hydrogens (tertiary/aromatic N) is 3. The SMILES string of the molecule is Cc1cccc2sc(N(CCN(C)C)C(=O)c3ccc(Cc4ccccc4)cc3)nc12. The predicted octanol–water partition coefficient (Wildman–Crippen LogP) is 5.40. The van der Waals surface area contributed by atoms with Crippen molar-refractivity contribution in [1.29, 1.82) is 0 Å². The second-order valence-electron chi connectivity index (χ2n) is 8.04. The lowest BCUT2D eigenvalue weighted by Gasteiger charge is -2.22. The maximum absolute atomic E-state index is 13.5. The maximum atomic E-state index is 13.5. The van der Waals surface area contributed by atoms with Crippen LogP contribution in [0.25, 0.3) is 10.2 Å². The zero-order chi connectivity index (χ0) is 21.8. The Labute approximate surface area is 187 Å². The Bertz CT molecular complexity index is 1170. The zero-order valence-electron chi connectivity index (χ0n) is 18.2. The Morgan fingerprint density at radius 2 is 1.58 bits per heavy atom. The fourth-order valence-corrected chi connectivity index (χ4v) is 4.59. The Morgan fingerprint density at radius 1 is 0.871 bits per heavy atom. The van der Waals surface area contributed by atoms with Gasteiger partial charge in [-0.3, -0.25) is 9.69 Å². The molecule has 0 aliphatic carbocycles. The summed E-state index contributed by atoms with van der Waals surface area (Å²) in [7, 11) is 4.03. The van der Waals surface area contributed by atoms with Gasteiger partial charge in [0.25, 0.3) is 5.91 Å². The number of thiazole rings is 1. The van der Waals surface area contributed by atoms with E-state index in [0.717, 1.165) is 33.9 Å². The van der Waals surface area contributed by atoms with Crippen LogP contribution in [-0.2, 0) is 6.42 Å². The van der Waals surface area contributed by atoms with E-state index >= 15 is 0 Å². The van der Waals surface area contributed by atoms with Crippen molar-refractivity contribution in [3.63, 3.8) is 0 Å². The number of likely N-dealkylation sites (N-methyl/N-ethyl adjacent to an activating group) is 1. The number of fused-ring (bicyclic) bond motifs is 1. The average Bonchev–Trinajstić information content (AvgIpc) is 3.20. The molecule has 4 rings (SSSR count). The fraction of sp³-hybridized carbons (Fsp3) is 0.231. The van der Waals surface area contributed by atoms with Gasteiger partial charge in [-0.05, 0) is 62.3 Å². The highest BCUT2D eigenvalue weighted by Gasteiger charge is 2.21. The third kappa shape index (κ3) is 5.01. The lowest BCUT2D eigenvalue weighted by Crippen LogP contribution is -2.36. The number of hydrogen-bond acceptors (Lipinski definition) is 4. The molecule has 0 bridgehead atoms. The molecule has 0 atom stereocenters. The quantitative estimate of drug-likeness (QED) is 0.394. The van der Waals surface area contributed by atoms with Crippen molar-refractivity contribution in [1.82, 2.24) is 9.88 Å². The maximum Gasteiger partial charge on any atom is 0.260 e. The summed E-state index contributed by atoms with van der Waals surface area (Å²) < 4.78 is 1.11. The Hall–Kier alpha value is -3.02. The minimum atomic E-state index is -0.00943. The molecule has 3 aromatic carbocycles. The first-order valence-corrected chi connectivity index (χ1v) is 11.3. The first-order chi connectivity index (χ1) is 15.0. The minimum Gasteiger partial charge on any atom is -0.308 e. The highest BCUT2D eigenvalue weighted by molar-refractivity contribution is 7.22. The molecule has 0 saturated carbocycles. The lowest BCUT2D eigenvalue weighted by atomic mass is 10.0. The molecule has 0 saturated heterocycles. The molecule has 4 aromatic rings. The molecule has 0 spiro atoms. The van der Waals surface area contributed by atoms with E-state index in [1.54, 1.807) is 11.3 Å². The van der Waals surface area contributed by atoms with Crippen molar-refractivity contribution in [2.75, 3.05) is 32.1 Å². The number of carbonyl (C=O) groups excluding carboxylic acids is 1.